The van der Waals surface area contributed by atoms with Crippen LogP contribution in [0.5, 0.6) is 5.75 Å². The summed E-state index contributed by atoms with van der Waals surface area (Å²) in [6.07, 6.45) is 2.76. The van der Waals surface area contributed by atoms with E-state index in [1.165, 1.54) is 0 Å². The quantitative estimate of drug-likeness (QED) is 0.418. The van der Waals surface area contributed by atoms with E-state index >= 15 is 0 Å². The van der Waals surface area contributed by atoms with Crippen LogP contribution in [0.25, 0.3) is 0 Å². The summed E-state index contributed by atoms with van der Waals surface area (Å²) in [7, 11) is 1.63. The zero-order valence-electron chi connectivity index (χ0n) is 11.6. The van der Waals surface area contributed by atoms with Crippen molar-refractivity contribution < 1.29 is 9.84 Å². The van der Waals surface area contributed by atoms with Gasteiger partial charge >= 0.3 is 0 Å². The minimum atomic E-state index is -0.225. The lowest BCUT2D eigenvalue weighted by molar-refractivity contribution is 0.137. The molecule has 4 N–H and O–H groups in total. The molecule has 2 rings (SSSR count). The second-order valence-electron chi connectivity index (χ2n) is 4.84. The van der Waals surface area contributed by atoms with Crippen molar-refractivity contribution in [1.82, 2.24) is 0 Å². The van der Waals surface area contributed by atoms with Gasteiger partial charge in [0.05, 0.1) is 13.2 Å². The zero-order chi connectivity index (χ0) is 13.7. The molecular formula is C14H22IN3O2. The smallest absolute Gasteiger partial charge is 0.193 e. The number of hydrogen-bond donors (Lipinski definition) is 3. The molecule has 0 heterocycles. The number of hydrogen-bond acceptors (Lipinski definition) is 3. The van der Waals surface area contributed by atoms with Crippen LogP contribution in [0.4, 0.5) is 5.69 Å². The SMILES string of the molecule is COc1ccc(NC(N)=NCC2CCCC2O)cc1.I. The summed E-state index contributed by atoms with van der Waals surface area (Å²) in [6, 6.07) is 7.48. The second kappa shape index (κ2) is 8.31. The van der Waals surface area contributed by atoms with Crippen LogP contribution in [0, 0.1) is 5.92 Å². The maximum absolute atomic E-state index is 9.70. The molecule has 20 heavy (non-hydrogen) atoms. The summed E-state index contributed by atoms with van der Waals surface area (Å²) >= 11 is 0. The molecule has 112 valence electrons. The van der Waals surface area contributed by atoms with Gasteiger partial charge in [-0.2, -0.15) is 0 Å². The van der Waals surface area contributed by atoms with Gasteiger partial charge in [0, 0.05) is 18.2 Å². The van der Waals surface area contributed by atoms with Gasteiger partial charge in [0.25, 0.3) is 0 Å². The molecule has 0 aromatic heterocycles. The Hall–Kier alpha value is -1.02. The summed E-state index contributed by atoms with van der Waals surface area (Å²) in [4.78, 5) is 4.29. The van der Waals surface area contributed by atoms with Crippen LogP contribution < -0.4 is 15.8 Å². The van der Waals surface area contributed by atoms with E-state index in [2.05, 4.69) is 10.3 Å². The normalized spacial score (nSPS) is 22.2. The number of methoxy groups -OCH3 is 1. The number of halogens is 1. The van der Waals surface area contributed by atoms with Gasteiger partial charge in [0.1, 0.15) is 5.75 Å². The van der Waals surface area contributed by atoms with Gasteiger partial charge < -0.3 is 20.9 Å². The first-order chi connectivity index (χ1) is 9.19. The average Bonchev–Trinajstić information content (AvgIpc) is 2.83. The van der Waals surface area contributed by atoms with Crippen LogP contribution in [-0.2, 0) is 0 Å². The number of nitrogens with zero attached hydrogens (tertiary/aromatic N) is 1. The first-order valence-electron chi connectivity index (χ1n) is 6.58. The van der Waals surface area contributed by atoms with Crippen molar-refractivity contribution >= 4 is 35.6 Å². The third-order valence-electron chi connectivity index (χ3n) is 3.48. The summed E-state index contributed by atoms with van der Waals surface area (Å²) in [5, 5.41) is 12.7. The van der Waals surface area contributed by atoms with Gasteiger partial charge in [0.2, 0.25) is 0 Å². The number of anilines is 1. The van der Waals surface area contributed by atoms with Crippen molar-refractivity contribution in [3.8, 4) is 5.75 Å². The molecule has 0 amide bonds. The highest BCUT2D eigenvalue weighted by Gasteiger charge is 2.24. The Morgan fingerprint density at radius 2 is 2.10 bits per heavy atom. The van der Waals surface area contributed by atoms with E-state index in [0.717, 1.165) is 30.7 Å². The molecule has 6 heteroatoms. The Bertz CT molecular complexity index is 437. The summed E-state index contributed by atoms with van der Waals surface area (Å²) in [5.74, 6) is 1.43. The van der Waals surface area contributed by atoms with E-state index in [4.69, 9.17) is 10.5 Å². The standard InChI is InChI=1S/C14H21N3O2.HI/c1-19-12-7-5-11(6-8-12)17-14(15)16-9-10-3-2-4-13(10)18;/h5-8,10,13,18H,2-4,9H2,1H3,(H3,15,16,17);1H. The number of ether oxygens (including phenoxy) is 1. The third-order valence-corrected chi connectivity index (χ3v) is 3.48. The lowest BCUT2D eigenvalue weighted by Crippen LogP contribution is -2.25. The van der Waals surface area contributed by atoms with Crippen LogP contribution in [0.2, 0.25) is 0 Å². The lowest BCUT2D eigenvalue weighted by atomic mass is 10.1. The summed E-state index contributed by atoms with van der Waals surface area (Å²) in [5.41, 5.74) is 6.70. The molecule has 0 saturated heterocycles. The van der Waals surface area contributed by atoms with Gasteiger partial charge in [0.15, 0.2) is 5.96 Å². The fraction of sp³-hybridized carbons (Fsp3) is 0.500. The highest BCUT2D eigenvalue weighted by Crippen LogP contribution is 2.25. The highest BCUT2D eigenvalue weighted by atomic mass is 127. The first-order valence-corrected chi connectivity index (χ1v) is 6.58. The van der Waals surface area contributed by atoms with Gasteiger partial charge in [-0.3, -0.25) is 4.99 Å². The van der Waals surface area contributed by atoms with Gasteiger partial charge in [-0.25, -0.2) is 0 Å². The molecule has 1 aromatic carbocycles. The number of nitrogens with one attached hydrogen (secondary N) is 1. The van der Waals surface area contributed by atoms with E-state index in [1.807, 2.05) is 24.3 Å². The molecule has 1 fully saturated rings. The van der Waals surface area contributed by atoms with E-state index in [-0.39, 0.29) is 36.0 Å². The molecule has 1 aliphatic rings. The molecule has 5 nitrogen and oxygen atoms in total. The molecule has 0 radical (unpaired) electrons. The van der Waals surface area contributed by atoms with Crippen molar-refractivity contribution in [3.05, 3.63) is 24.3 Å². The summed E-state index contributed by atoms with van der Waals surface area (Å²) < 4.78 is 5.08. The van der Waals surface area contributed by atoms with Crippen LogP contribution in [0.15, 0.2) is 29.3 Å². The number of aliphatic imine (C=N–C) groups is 1. The van der Waals surface area contributed by atoms with Crippen LogP contribution in [-0.4, -0.2) is 30.8 Å². The van der Waals surface area contributed by atoms with Crippen LogP contribution in [0.3, 0.4) is 0 Å². The Morgan fingerprint density at radius 1 is 1.40 bits per heavy atom. The maximum atomic E-state index is 9.70. The number of aliphatic hydroxyl groups is 1. The minimum Gasteiger partial charge on any atom is -0.497 e. The van der Waals surface area contributed by atoms with E-state index < -0.39 is 0 Å². The van der Waals surface area contributed by atoms with Crippen molar-refractivity contribution in [2.24, 2.45) is 16.6 Å². The predicted molar refractivity (Wildman–Crippen MR) is 91.9 cm³/mol. The molecule has 1 aliphatic carbocycles. The van der Waals surface area contributed by atoms with E-state index in [1.54, 1.807) is 7.11 Å². The number of nitrogens with two attached hydrogens (primary N) is 1. The van der Waals surface area contributed by atoms with Crippen LogP contribution in [0.1, 0.15) is 19.3 Å². The fourth-order valence-corrected chi connectivity index (χ4v) is 2.31. The molecule has 1 saturated carbocycles. The molecule has 2 atom stereocenters. The number of benzene rings is 1. The largest absolute Gasteiger partial charge is 0.497 e. The average molecular weight is 391 g/mol. The van der Waals surface area contributed by atoms with Gasteiger partial charge in [-0.1, -0.05) is 6.42 Å². The van der Waals surface area contributed by atoms with Crippen molar-refractivity contribution in [2.45, 2.75) is 25.4 Å². The fourth-order valence-electron chi connectivity index (χ4n) is 2.31. The zero-order valence-corrected chi connectivity index (χ0v) is 13.9. The molecule has 0 spiro atoms. The topological polar surface area (TPSA) is 79.9 Å². The third kappa shape index (κ3) is 4.82. The Morgan fingerprint density at radius 3 is 2.65 bits per heavy atom. The first kappa shape index (κ1) is 17.0. The monoisotopic (exact) mass is 391 g/mol. The van der Waals surface area contributed by atoms with E-state index in [0.29, 0.717) is 12.5 Å². The highest BCUT2D eigenvalue weighted by molar-refractivity contribution is 14.0. The number of guanidine groups is 1. The second-order valence-corrected chi connectivity index (χ2v) is 4.84. The molecule has 0 aliphatic heterocycles. The Labute approximate surface area is 136 Å². The van der Waals surface area contributed by atoms with Crippen LogP contribution >= 0.6 is 24.0 Å². The Balaban J connectivity index is 0.00000200. The van der Waals surface area contributed by atoms with Crippen molar-refractivity contribution in [3.63, 3.8) is 0 Å². The molecule has 2 unspecified atom stereocenters. The van der Waals surface area contributed by atoms with Gasteiger partial charge in [-0.05, 0) is 37.1 Å². The molecular weight excluding hydrogens is 369 g/mol. The molecule has 1 aromatic rings. The van der Waals surface area contributed by atoms with Crippen molar-refractivity contribution in [1.29, 1.82) is 0 Å². The number of aliphatic hydroxyl groups excluding tert-OH is 1. The van der Waals surface area contributed by atoms with Gasteiger partial charge in [-0.15, -0.1) is 24.0 Å². The summed E-state index contributed by atoms with van der Waals surface area (Å²) in [6.45, 7) is 0.580. The Kier molecular flexibility index (Phi) is 7.08. The van der Waals surface area contributed by atoms with Crippen molar-refractivity contribution in [2.75, 3.05) is 19.0 Å². The maximum Gasteiger partial charge on any atom is 0.193 e. The predicted octanol–water partition coefficient (Wildman–Crippen LogP) is 2.20. The lowest BCUT2D eigenvalue weighted by Gasteiger charge is -2.12. The van der Waals surface area contributed by atoms with E-state index in [9.17, 15) is 5.11 Å². The minimum absolute atomic E-state index is 0. The molecule has 0 bridgehead atoms. The number of rotatable bonds is 4.